The third kappa shape index (κ3) is 5.17. The third-order valence-electron chi connectivity index (χ3n) is 3.55. The van der Waals surface area contributed by atoms with Gasteiger partial charge in [-0.25, -0.2) is 0 Å². The van der Waals surface area contributed by atoms with Crippen molar-refractivity contribution in [1.82, 2.24) is 5.32 Å². The number of amides is 1. The van der Waals surface area contributed by atoms with Crippen molar-refractivity contribution in [2.45, 2.75) is 26.3 Å². The number of carbonyl (C=O) groups excluding carboxylic acids is 1. The van der Waals surface area contributed by atoms with Crippen molar-refractivity contribution in [3.05, 3.63) is 58.6 Å². The van der Waals surface area contributed by atoms with Gasteiger partial charge < -0.3 is 14.8 Å². The molecule has 24 heavy (non-hydrogen) atoms. The molecule has 4 nitrogen and oxygen atoms in total. The van der Waals surface area contributed by atoms with E-state index in [4.69, 9.17) is 21.1 Å². The average Bonchev–Trinajstić information content (AvgIpc) is 2.61. The van der Waals surface area contributed by atoms with Crippen LogP contribution in [0.1, 0.15) is 24.5 Å². The molecule has 0 radical (unpaired) electrons. The van der Waals surface area contributed by atoms with Crippen LogP contribution in [0.5, 0.6) is 11.5 Å². The molecule has 5 heteroatoms. The number of methoxy groups -OCH3 is 1. The van der Waals surface area contributed by atoms with E-state index in [0.717, 1.165) is 17.5 Å². The van der Waals surface area contributed by atoms with Gasteiger partial charge in [-0.3, -0.25) is 4.79 Å². The van der Waals surface area contributed by atoms with Crippen LogP contribution in [0.3, 0.4) is 0 Å². The Balaban J connectivity index is 1.91. The van der Waals surface area contributed by atoms with E-state index >= 15 is 0 Å². The topological polar surface area (TPSA) is 47.6 Å². The Morgan fingerprint density at radius 1 is 1.17 bits per heavy atom. The molecule has 128 valence electrons. The van der Waals surface area contributed by atoms with E-state index in [2.05, 4.69) is 5.32 Å². The molecule has 0 aliphatic rings. The zero-order valence-corrected chi connectivity index (χ0v) is 14.7. The minimum absolute atomic E-state index is 0.00262. The van der Waals surface area contributed by atoms with Gasteiger partial charge in [0.25, 0.3) is 0 Å². The van der Waals surface area contributed by atoms with Crippen LogP contribution in [-0.4, -0.2) is 19.6 Å². The lowest BCUT2D eigenvalue weighted by atomic mass is 10.1. The number of benzene rings is 2. The van der Waals surface area contributed by atoms with Crippen molar-refractivity contribution in [3.8, 4) is 11.5 Å². The molecular weight excluding hydrogens is 326 g/mol. The van der Waals surface area contributed by atoms with E-state index < -0.39 is 0 Å². The highest BCUT2D eigenvalue weighted by molar-refractivity contribution is 6.32. The molecule has 0 aliphatic heterocycles. The smallest absolute Gasteiger partial charge is 0.220 e. The van der Waals surface area contributed by atoms with Crippen molar-refractivity contribution in [3.63, 3.8) is 0 Å². The maximum atomic E-state index is 12.0. The highest BCUT2D eigenvalue weighted by Gasteiger charge is 2.12. The molecular formula is C19H22ClNO3. The maximum Gasteiger partial charge on any atom is 0.220 e. The molecule has 0 saturated carbocycles. The van der Waals surface area contributed by atoms with Crippen molar-refractivity contribution in [2.75, 3.05) is 13.7 Å². The summed E-state index contributed by atoms with van der Waals surface area (Å²) in [7, 11) is 1.57. The first kappa shape index (κ1) is 18.1. The van der Waals surface area contributed by atoms with E-state index in [1.165, 1.54) is 0 Å². The van der Waals surface area contributed by atoms with Crippen LogP contribution in [0.4, 0.5) is 0 Å². The van der Waals surface area contributed by atoms with Gasteiger partial charge in [-0.05, 0) is 36.6 Å². The summed E-state index contributed by atoms with van der Waals surface area (Å²) in [6.45, 7) is 2.79. The molecule has 0 bridgehead atoms. The van der Waals surface area contributed by atoms with Gasteiger partial charge in [0.2, 0.25) is 5.91 Å². The Morgan fingerprint density at radius 2 is 1.92 bits per heavy atom. The summed E-state index contributed by atoms with van der Waals surface area (Å²) in [6.07, 6.45) is 1.17. The highest BCUT2D eigenvalue weighted by atomic mass is 35.5. The van der Waals surface area contributed by atoms with Crippen LogP contribution in [0.2, 0.25) is 5.02 Å². The van der Waals surface area contributed by atoms with Crippen molar-refractivity contribution < 1.29 is 14.3 Å². The van der Waals surface area contributed by atoms with Crippen LogP contribution in [0.15, 0.2) is 42.5 Å². The summed E-state index contributed by atoms with van der Waals surface area (Å²) in [4.78, 5) is 12.0. The summed E-state index contributed by atoms with van der Waals surface area (Å²) in [5, 5.41) is 3.38. The van der Waals surface area contributed by atoms with Gasteiger partial charge in [0.1, 0.15) is 0 Å². The van der Waals surface area contributed by atoms with Crippen LogP contribution in [0, 0.1) is 0 Å². The van der Waals surface area contributed by atoms with Crippen molar-refractivity contribution in [2.24, 2.45) is 0 Å². The van der Waals surface area contributed by atoms with E-state index in [1.807, 2.05) is 43.3 Å². The quantitative estimate of drug-likeness (QED) is 0.785. The largest absolute Gasteiger partial charge is 0.493 e. The SMILES string of the molecule is CCOc1c(Cl)cc(CNC(=O)CCc2ccccc2)cc1OC. The van der Waals surface area contributed by atoms with Gasteiger partial charge in [0.15, 0.2) is 11.5 Å². The molecule has 1 N–H and O–H groups in total. The molecule has 2 aromatic rings. The van der Waals surface area contributed by atoms with Gasteiger partial charge in [-0.2, -0.15) is 0 Å². The zero-order valence-electron chi connectivity index (χ0n) is 14.0. The molecule has 2 rings (SSSR count). The monoisotopic (exact) mass is 347 g/mol. The Bertz CT molecular complexity index is 674. The second-order valence-corrected chi connectivity index (χ2v) is 5.71. The van der Waals surface area contributed by atoms with Gasteiger partial charge in [-0.15, -0.1) is 0 Å². The average molecular weight is 348 g/mol. The molecule has 2 aromatic carbocycles. The number of ether oxygens (including phenoxy) is 2. The summed E-state index contributed by atoms with van der Waals surface area (Å²) in [5.74, 6) is 1.10. The Hall–Kier alpha value is -2.20. The van der Waals surface area contributed by atoms with Gasteiger partial charge >= 0.3 is 0 Å². The first-order valence-electron chi connectivity index (χ1n) is 7.93. The number of rotatable bonds is 8. The summed E-state index contributed by atoms with van der Waals surface area (Å²) in [6, 6.07) is 13.6. The molecule has 0 aromatic heterocycles. The molecule has 0 heterocycles. The number of nitrogens with one attached hydrogen (secondary N) is 1. The van der Waals surface area contributed by atoms with Gasteiger partial charge in [0.05, 0.1) is 18.7 Å². The molecule has 0 saturated heterocycles. The minimum atomic E-state index is 0.00262. The second-order valence-electron chi connectivity index (χ2n) is 5.30. The second kappa shape index (κ2) is 9.18. The predicted molar refractivity (Wildman–Crippen MR) is 95.8 cm³/mol. The first-order valence-corrected chi connectivity index (χ1v) is 8.31. The fraction of sp³-hybridized carbons (Fsp3) is 0.316. The van der Waals surface area contributed by atoms with Crippen LogP contribution in [-0.2, 0) is 17.8 Å². The molecule has 0 unspecified atom stereocenters. The van der Waals surface area contributed by atoms with Crippen molar-refractivity contribution in [1.29, 1.82) is 0 Å². The molecule has 0 aliphatic carbocycles. The summed E-state index contributed by atoms with van der Waals surface area (Å²) >= 11 is 6.23. The maximum absolute atomic E-state index is 12.0. The Labute approximate surface area is 147 Å². The van der Waals surface area contributed by atoms with E-state index in [0.29, 0.717) is 36.1 Å². The van der Waals surface area contributed by atoms with Crippen molar-refractivity contribution >= 4 is 17.5 Å². The van der Waals surface area contributed by atoms with Gasteiger partial charge in [0, 0.05) is 13.0 Å². The lowest BCUT2D eigenvalue weighted by Gasteiger charge is -2.13. The summed E-state index contributed by atoms with van der Waals surface area (Å²) in [5.41, 5.74) is 2.02. The molecule has 0 fully saturated rings. The Morgan fingerprint density at radius 3 is 2.58 bits per heavy atom. The van der Waals surface area contributed by atoms with E-state index in [1.54, 1.807) is 13.2 Å². The van der Waals surface area contributed by atoms with Crippen LogP contribution < -0.4 is 14.8 Å². The van der Waals surface area contributed by atoms with E-state index in [9.17, 15) is 4.79 Å². The van der Waals surface area contributed by atoms with E-state index in [-0.39, 0.29) is 5.91 Å². The van der Waals surface area contributed by atoms with Gasteiger partial charge in [-0.1, -0.05) is 41.9 Å². The number of carbonyl (C=O) groups is 1. The standard InChI is InChI=1S/C19H22ClNO3/c1-3-24-19-16(20)11-15(12-17(19)23-2)13-21-18(22)10-9-14-7-5-4-6-8-14/h4-8,11-12H,3,9-10,13H2,1-2H3,(H,21,22). The molecule has 0 spiro atoms. The fourth-order valence-corrected chi connectivity index (χ4v) is 2.64. The third-order valence-corrected chi connectivity index (χ3v) is 3.83. The molecule has 1 amide bonds. The molecule has 0 atom stereocenters. The minimum Gasteiger partial charge on any atom is -0.493 e. The highest BCUT2D eigenvalue weighted by Crippen LogP contribution is 2.36. The Kier molecular flexibility index (Phi) is 6.94. The summed E-state index contributed by atoms with van der Waals surface area (Å²) < 4.78 is 10.8. The number of aryl methyl sites for hydroxylation is 1. The van der Waals surface area contributed by atoms with Crippen LogP contribution in [0.25, 0.3) is 0 Å². The zero-order chi connectivity index (χ0) is 17.4. The normalized spacial score (nSPS) is 10.3. The van der Waals surface area contributed by atoms with Crippen LogP contribution >= 0.6 is 11.6 Å². The number of hydrogen-bond donors (Lipinski definition) is 1. The fourth-order valence-electron chi connectivity index (χ4n) is 2.35. The number of halogens is 1. The number of hydrogen-bond acceptors (Lipinski definition) is 3. The predicted octanol–water partition coefficient (Wildman–Crippen LogP) is 4.00. The lowest BCUT2D eigenvalue weighted by Crippen LogP contribution is -2.23. The lowest BCUT2D eigenvalue weighted by molar-refractivity contribution is -0.121. The first-order chi connectivity index (χ1) is 11.6.